The fourth-order valence-electron chi connectivity index (χ4n) is 2.71. The molecule has 0 aliphatic heterocycles. The highest BCUT2D eigenvalue weighted by Gasteiger charge is 2.22. The quantitative estimate of drug-likeness (QED) is 0.616. The molecule has 0 atom stereocenters. The standard InChI is InChI=1S/C20H20N2O4S/c1-24-15-11-14(12-16(25-2)19(15)26-3)13-22(18-8-4-5-9-21-18)20(23)17-7-6-10-27-17/h4-12H,13H2,1-3H3. The average Bonchev–Trinajstić information content (AvgIpc) is 3.26. The first kappa shape index (κ1) is 18.7. The maximum absolute atomic E-state index is 13.1. The van der Waals surface area contributed by atoms with Gasteiger partial charge in [-0.15, -0.1) is 11.3 Å². The number of rotatable bonds is 7. The molecule has 0 saturated heterocycles. The van der Waals surface area contributed by atoms with Gasteiger partial charge in [0, 0.05) is 6.20 Å². The van der Waals surface area contributed by atoms with Crippen molar-refractivity contribution in [2.24, 2.45) is 0 Å². The number of hydrogen-bond acceptors (Lipinski definition) is 6. The van der Waals surface area contributed by atoms with Gasteiger partial charge < -0.3 is 14.2 Å². The second-order valence-electron chi connectivity index (χ2n) is 5.59. The summed E-state index contributed by atoms with van der Waals surface area (Å²) in [5.41, 5.74) is 0.833. The van der Waals surface area contributed by atoms with E-state index in [-0.39, 0.29) is 5.91 Å². The van der Waals surface area contributed by atoms with Crippen LogP contribution in [0.15, 0.2) is 54.0 Å². The van der Waals surface area contributed by atoms with Crippen LogP contribution >= 0.6 is 11.3 Å². The molecule has 1 aromatic carbocycles. The lowest BCUT2D eigenvalue weighted by atomic mass is 10.1. The molecule has 0 bridgehead atoms. The van der Waals surface area contributed by atoms with Gasteiger partial charge in [0.05, 0.1) is 32.8 Å². The van der Waals surface area contributed by atoms with E-state index in [0.29, 0.717) is 34.5 Å². The SMILES string of the molecule is COc1cc(CN(C(=O)c2cccs2)c2ccccn2)cc(OC)c1OC. The molecule has 3 rings (SSSR count). The van der Waals surface area contributed by atoms with Crippen LogP contribution in [-0.2, 0) is 6.54 Å². The van der Waals surface area contributed by atoms with Crippen molar-refractivity contribution in [2.45, 2.75) is 6.54 Å². The summed E-state index contributed by atoms with van der Waals surface area (Å²) in [7, 11) is 4.68. The lowest BCUT2D eigenvalue weighted by molar-refractivity contribution is 0.0988. The maximum Gasteiger partial charge on any atom is 0.269 e. The van der Waals surface area contributed by atoms with E-state index in [9.17, 15) is 4.79 Å². The van der Waals surface area contributed by atoms with Gasteiger partial charge in [-0.25, -0.2) is 4.98 Å². The number of anilines is 1. The Labute approximate surface area is 161 Å². The molecule has 0 aliphatic rings. The van der Waals surface area contributed by atoms with Gasteiger partial charge in [-0.05, 0) is 41.3 Å². The highest BCUT2D eigenvalue weighted by molar-refractivity contribution is 7.12. The lowest BCUT2D eigenvalue weighted by Gasteiger charge is -2.22. The van der Waals surface area contributed by atoms with Crippen molar-refractivity contribution in [2.75, 3.05) is 26.2 Å². The third kappa shape index (κ3) is 4.03. The largest absolute Gasteiger partial charge is 0.493 e. The number of benzene rings is 1. The van der Waals surface area contributed by atoms with E-state index in [1.54, 1.807) is 38.5 Å². The van der Waals surface area contributed by atoms with Gasteiger partial charge in [0.1, 0.15) is 5.82 Å². The molecule has 0 fully saturated rings. The van der Waals surface area contributed by atoms with Crippen LogP contribution in [0.3, 0.4) is 0 Å². The molecule has 0 aliphatic carbocycles. The molecular formula is C20H20N2O4S. The van der Waals surface area contributed by atoms with Crippen LogP contribution in [-0.4, -0.2) is 32.2 Å². The van der Waals surface area contributed by atoms with Gasteiger partial charge >= 0.3 is 0 Å². The predicted octanol–water partition coefficient (Wildman–Crippen LogP) is 4.02. The minimum absolute atomic E-state index is 0.113. The van der Waals surface area contributed by atoms with Gasteiger partial charge in [-0.3, -0.25) is 9.69 Å². The lowest BCUT2D eigenvalue weighted by Crippen LogP contribution is -2.30. The number of nitrogens with zero attached hydrogens (tertiary/aromatic N) is 2. The Kier molecular flexibility index (Phi) is 5.93. The van der Waals surface area contributed by atoms with Crippen molar-refractivity contribution in [1.82, 2.24) is 4.98 Å². The molecular weight excluding hydrogens is 364 g/mol. The van der Waals surface area contributed by atoms with Gasteiger partial charge in [0.15, 0.2) is 11.5 Å². The van der Waals surface area contributed by atoms with E-state index in [1.165, 1.54) is 11.3 Å². The number of pyridine rings is 1. The highest BCUT2D eigenvalue weighted by atomic mass is 32.1. The number of ether oxygens (including phenoxy) is 3. The van der Waals surface area contributed by atoms with Crippen LogP contribution in [0, 0.1) is 0 Å². The minimum Gasteiger partial charge on any atom is -0.493 e. The molecule has 3 aromatic rings. The molecule has 0 spiro atoms. The van der Waals surface area contributed by atoms with E-state index >= 15 is 0 Å². The molecule has 6 nitrogen and oxygen atoms in total. The highest BCUT2D eigenvalue weighted by Crippen LogP contribution is 2.38. The second kappa shape index (κ2) is 8.55. The summed E-state index contributed by atoms with van der Waals surface area (Å²) < 4.78 is 16.2. The predicted molar refractivity (Wildman–Crippen MR) is 105 cm³/mol. The molecule has 2 heterocycles. The molecule has 0 unspecified atom stereocenters. The number of methoxy groups -OCH3 is 3. The fourth-order valence-corrected chi connectivity index (χ4v) is 3.38. The van der Waals surface area contributed by atoms with E-state index in [4.69, 9.17) is 14.2 Å². The third-order valence-corrected chi connectivity index (χ3v) is 4.83. The molecule has 2 aromatic heterocycles. The normalized spacial score (nSPS) is 10.3. The van der Waals surface area contributed by atoms with Crippen molar-refractivity contribution in [3.8, 4) is 17.2 Å². The van der Waals surface area contributed by atoms with E-state index < -0.39 is 0 Å². The number of aromatic nitrogens is 1. The Morgan fingerprint density at radius 2 is 1.78 bits per heavy atom. The number of carbonyl (C=O) groups is 1. The summed E-state index contributed by atoms with van der Waals surface area (Å²) in [5, 5.41) is 1.88. The van der Waals surface area contributed by atoms with Crippen molar-refractivity contribution in [3.05, 3.63) is 64.5 Å². The summed E-state index contributed by atoms with van der Waals surface area (Å²) in [4.78, 5) is 19.7. The Hall–Kier alpha value is -3.06. The smallest absolute Gasteiger partial charge is 0.269 e. The first-order valence-electron chi connectivity index (χ1n) is 8.23. The van der Waals surface area contributed by atoms with Gasteiger partial charge in [-0.2, -0.15) is 0 Å². The van der Waals surface area contributed by atoms with E-state index in [2.05, 4.69) is 4.98 Å². The molecule has 0 saturated carbocycles. The number of hydrogen-bond donors (Lipinski definition) is 0. The van der Waals surface area contributed by atoms with Crippen molar-refractivity contribution < 1.29 is 19.0 Å². The Bertz CT molecular complexity index is 873. The average molecular weight is 384 g/mol. The Morgan fingerprint density at radius 1 is 1.04 bits per heavy atom. The zero-order valence-electron chi connectivity index (χ0n) is 15.3. The first-order chi connectivity index (χ1) is 13.2. The van der Waals surface area contributed by atoms with Crippen LogP contribution in [0.4, 0.5) is 5.82 Å². The van der Waals surface area contributed by atoms with Gasteiger partial charge in [-0.1, -0.05) is 12.1 Å². The van der Waals surface area contributed by atoms with Crippen LogP contribution in [0.2, 0.25) is 0 Å². The Morgan fingerprint density at radius 3 is 2.30 bits per heavy atom. The zero-order valence-corrected chi connectivity index (χ0v) is 16.2. The van der Waals surface area contributed by atoms with E-state index in [1.807, 2.05) is 41.8 Å². The molecule has 0 radical (unpaired) electrons. The number of carbonyl (C=O) groups excluding carboxylic acids is 1. The molecule has 1 amide bonds. The summed E-state index contributed by atoms with van der Waals surface area (Å²) in [6, 6.07) is 12.8. The molecule has 7 heteroatoms. The van der Waals surface area contributed by atoms with Crippen molar-refractivity contribution >= 4 is 23.1 Å². The minimum atomic E-state index is -0.113. The fraction of sp³-hybridized carbons (Fsp3) is 0.200. The first-order valence-corrected chi connectivity index (χ1v) is 9.11. The topological polar surface area (TPSA) is 60.9 Å². The summed E-state index contributed by atoms with van der Waals surface area (Å²) in [6.45, 7) is 0.310. The van der Waals surface area contributed by atoms with E-state index in [0.717, 1.165) is 5.56 Å². The summed E-state index contributed by atoms with van der Waals surface area (Å²) >= 11 is 1.40. The van der Waals surface area contributed by atoms with Crippen LogP contribution < -0.4 is 19.1 Å². The number of amides is 1. The molecule has 27 heavy (non-hydrogen) atoms. The Balaban J connectivity index is 2.01. The maximum atomic E-state index is 13.1. The van der Waals surface area contributed by atoms with Crippen molar-refractivity contribution in [1.29, 1.82) is 0 Å². The van der Waals surface area contributed by atoms with Gasteiger partial charge in [0.25, 0.3) is 5.91 Å². The second-order valence-corrected chi connectivity index (χ2v) is 6.54. The summed E-state index contributed by atoms with van der Waals surface area (Å²) in [6.07, 6.45) is 1.67. The van der Waals surface area contributed by atoms with Crippen LogP contribution in [0.1, 0.15) is 15.2 Å². The van der Waals surface area contributed by atoms with Crippen LogP contribution in [0.25, 0.3) is 0 Å². The monoisotopic (exact) mass is 384 g/mol. The van der Waals surface area contributed by atoms with Gasteiger partial charge in [0.2, 0.25) is 5.75 Å². The summed E-state index contributed by atoms with van der Waals surface area (Å²) in [5.74, 6) is 2.05. The zero-order chi connectivity index (χ0) is 19.2. The molecule has 0 N–H and O–H groups in total. The molecule has 140 valence electrons. The number of thiophene rings is 1. The van der Waals surface area contributed by atoms with Crippen molar-refractivity contribution in [3.63, 3.8) is 0 Å². The third-order valence-electron chi connectivity index (χ3n) is 3.97. The van der Waals surface area contributed by atoms with Crippen LogP contribution in [0.5, 0.6) is 17.2 Å².